The van der Waals surface area contributed by atoms with Gasteiger partial charge in [-0.05, 0) is 20.8 Å². The number of carbonyl (C=O) groups excluding carboxylic acids is 2. The second-order valence-electron chi connectivity index (χ2n) is 5.28. The molecule has 0 aliphatic carbocycles. The zero-order chi connectivity index (χ0) is 11.1. The molecule has 1 saturated heterocycles. The average Bonchev–Trinajstić information content (AvgIpc) is 1.95. The summed E-state index contributed by atoms with van der Waals surface area (Å²) in [5.74, 6) is 0.177. The zero-order valence-corrected chi connectivity index (χ0v) is 10.7. The number of amides is 1. The van der Waals surface area contributed by atoms with Crippen molar-refractivity contribution < 1.29 is 9.59 Å². The molecule has 1 aliphatic heterocycles. The summed E-state index contributed by atoms with van der Waals surface area (Å²) in [6.07, 6.45) is 0.935. The van der Waals surface area contributed by atoms with E-state index in [9.17, 15) is 9.59 Å². The maximum Gasteiger partial charge on any atom is 0.226 e. The number of hydrogen-bond donors (Lipinski definition) is 0. The molecule has 1 aliphatic rings. The van der Waals surface area contributed by atoms with Crippen molar-refractivity contribution in [2.75, 3.05) is 0 Å². The van der Waals surface area contributed by atoms with Gasteiger partial charge in [0.15, 0.2) is 0 Å². The van der Waals surface area contributed by atoms with Gasteiger partial charge in [-0.15, -0.1) is 0 Å². The summed E-state index contributed by atoms with van der Waals surface area (Å²) in [5, 5.41) is 0. The highest BCUT2D eigenvalue weighted by Crippen LogP contribution is 2.38. The van der Waals surface area contributed by atoms with Crippen LogP contribution < -0.4 is 0 Å². The SMILES string of the molecule is C[SiH](C)[C@@H]1C(=O)N(C(C)(C)C)C1C=O. The summed E-state index contributed by atoms with van der Waals surface area (Å²) >= 11 is 0. The Kier molecular flexibility index (Phi) is 2.85. The number of carbonyl (C=O) groups is 2. The third kappa shape index (κ3) is 1.63. The molecular weight excluding hydrogens is 194 g/mol. The molecule has 0 aromatic rings. The van der Waals surface area contributed by atoms with Gasteiger partial charge in [-0.2, -0.15) is 0 Å². The molecule has 80 valence electrons. The highest BCUT2D eigenvalue weighted by atomic mass is 28.3. The Bertz CT molecular complexity index is 257. The van der Waals surface area contributed by atoms with Gasteiger partial charge in [0, 0.05) is 14.3 Å². The third-order valence-corrected chi connectivity index (χ3v) is 4.89. The van der Waals surface area contributed by atoms with Gasteiger partial charge in [0.1, 0.15) is 6.29 Å². The first kappa shape index (κ1) is 11.4. The lowest BCUT2D eigenvalue weighted by Gasteiger charge is -2.53. The van der Waals surface area contributed by atoms with Crippen LogP contribution in [0, 0.1) is 0 Å². The minimum absolute atomic E-state index is 0.0340. The van der Waals surface area contributed by atoms with Crippen LogP contribution in [0.2, 0.25) is 18.6 Å². The van der Waals surface area contributed by atoms with Crippen molar-refractivity contribution >= 4 is 21.0 Å². The van der Waals surface area contributed by atoms with E-state index < -0.39 is 8.80 Å². The van der Waals surface area contributed by atoms with Crippen molar-refractivity contribution in [3.05, 3.63) is 0 Å². The second-order valence-corrected chi connectivity index (χ2v) is 8.48. The molecule has 0 radical (unpaired) electrons. The van der Waals surface area contributed by atoms with E-state index in [1.54, 1.807) is 4.90 Å². The monoisotopic (exact) mass is 213 g/mol. The van der Waals surface area contributed by atoms with E-state index in [1.165, 1.54) is 0 Å². The zero-order valence-electron chi connectivity index (χ0n) is 9.57. The van der Waals surface area contributed by atoms with Gasteiger partial charge in [0.25, 0.3) is 0 Å². The molecule has 1 unspecified atom stereocenters. The van der Waals surface area contributed by atoms with Crippen LogP contribution in [0.4, 0.5) is 0 Å². The first-order chi connectivity index (χ1) is 6.30. The average molecular weight is 213 g/mol. The molecule has 0 aromatic carbocycles. The summed E-state index contributed by atoms with van der Waals surface area (Å²) in [7, 11) is -1.04. The van der Waals surface area contributed by atoms with E-state index in [2.05, 4.69) is 13.1 Å². The fraction of sp³-hybridized carbons (Fsp3) is 0.800. The standard InChI is InChI=1S/C10H19NO2Si/c1-10(2,3)11-7(6-12)8(9(11)13)14(4)5/h6-8,14H,1-5H3/t7?,8-/m0/s1. The Morgan fingerprint density at radius 3 is 2.14 bits per heavy atom. The fourth-order valence-electron chi connectivity index (χ4n) is 2.13. The van der Waals surface area contributed by atoms with E-state index in [1.807, 2.05) is 20.8 Å². The van der Waals surface area contributed by atoms with Crippen LogP contribution in [0.3, 0.4) is 0 Å². The number of hydrogen-bond acceptors (Lipinski definition) is 2. The van der Waals surface area contributed by atoms with E-state index in [4.69, 9.17) is 0 Å². The van der Waals surface area contributed by atoms with Crippen LogP contribution in [0.1, 0.15) is 20.8 Å². The Labute approximate surface area is 87.1 Å². The number of likely N-dealkylation sites (tertiary alicyclic amines) is 1. The van der Waals surface area contributed by atoms with Gasteiger partial charge >= 0.3 is 0 Å². The van der Waals surface area contributed by atoms with E-state index in [0.29, 0.717) is 0 Å². The summed E-state index contributed by atoms with van der Waals surface area (Å²) in [6.45, 7) is 10.2. The van der Waals surface area contributed by atoms with Crippen LogP contribution in [0.25, 0.3) is 0 Å². The lowest BCUT2D eigenvalue weighted by Crippen LogP contribution is -2.67. The predicted molar refractivity (Wildman–Crippen MR) is 59.1 cm³/mol. The topological polar surface area (TPSA) is 37.4 Å². The number of aldehydes is 1. The van der Waals surface area contributed by atoms with Crippen LogP contribution in [-0.2, 0) is 9.59 Å². The van der Waals surface area contributed by atoms with E-state index in [0.717, 1.165) is 6.29 Å². The Hall–Kier alpha value is -0.643. The highest BCUT2D eigenvalue weighted by molar-refractivity contribution is 6.63. The van der Waals surface area contributed by atoms with Gasteiger partial charge in [0.05, 0.1) is 11.6 Å². The molecule has 0 aromatic heterocycles. The second kappa shape index (κ2) is 3.49. The Balaban J connectivity index is 2.85. The molecule has 1 fully saturated rings. The van der Waals surface area contributed by atoms with Gasteiger partial charge < -0.3 is 9.69 Å². The Morgan fingerprint density at radius 2 is 1.86 bits per heavy atom. The summed E-state index contributed by atoms with van der Waals surface area (Å²) in [5.41, 5.74) is -0.186. The summed E-state index contributed by atoms with van der Waals surface area (Å²) in [4.78, 5) is 24.5. The van der Waals surface area contributed by atoms with Gasteiger partial charge in [-0.3, -0.25) is 4.79 Å². The first-order valence-electron chi connectivity index (χ1n) is 5.09. The number of rotatable bonds is 2. The quantitative estimate of drug-likeness (QED) is 0.391. The molecule has 1 amide bonds. The normalized spacial score (nSPS) is 27.9. The highest BCUT2D eigenvalue weighted by Gasteiger charge is 2.52. The van der Waals surface area contributed by atoms with Crippen LogP contribution >= 0.6 is 0 Å². The maximum atomic E-state index is 11.8. The lowest BCUT2D eigenvalue weighted by molar-refractivity contribution is -0.156. The molecule has 1 rings (SSSR count). The molecule has 0 spiro atoms. The summed E-state index contributed by atoms with van der Waals surface area (Å²) in [6, 6.07) is -0.158. The van der Waals surface area contributed by atoms with Crippen molar-refractivity contribution in [1.82, 2.24) is 4.90 Å². The molecule has 3 nitrogen and oxygen atoms in total. The molecule has 0 N–H and O–H groups in total. The van der Waals surface area contributed by atoms with Crippen molar-refractivity contribution in [2.45, 2.75) is 51.0 Å². The number of nitrogens with zero attached hydrogens (tertiary/aromatic N) is 1. The molecule has 4 heteroatoms. The van der Waals surface area contributed by atoms with Crippen molar-refractivity contribution in [2.24, 2.45) is 0 Å². The minimum Gasteiger partial charge on any atom is -0.328 e. The van der Waals surface area contributed by atoms with Crippen LogP contribution in [-0.4, -0.2) is 37.5 Å². The predicted octanol–water partition coefficient (Wildman–Crippen LogP) is 1.05. The maximum absolute atomic E-state index is 11.8. The van der Waals surface area contributed by atoms with Crippen LogP contribution in [0.15, 0.2) is 0 Å². The van der Waals surface area contributed by atoms with Gasteiger partial charge in [0.2, 0.25) is 5.91 Å². The smallest absolute Gasteiger partial charge is 0.226 e. The van der Waals surface area contributed by atoms with E-state index >= 15 is 0 Å². The molecule has 14 heavy (non-hydrogen) atoms. The Morgan fingerprint density at radius 1 is 1.36 bits per heavy atom. The van der Waals surface area contributed by atoms with Crippen molar-refractivity contribution in [3.8, 4) is 0 Å². The molecule has 1 heterocycles. The molecular formula is C10H19NO2Si. The van der Waals surface area contributed by atoms with Gasteiger partial charge in [-0.1, -0.05) is 13.1 Å². The first-order valence-corrected chi connectivity index (χ1v) is 8.06. The van der Waals surface area contributed by atoms with Crippen molar-refractivity contribution in [3.63, 3.8) is 0 Å². The van der Waals surface area contributed by atoms with Crippen molar-refractivity contribution in [1.29, 1.82) is 0 Å². The molecule has 0 saturated carbocycles. The fourth-order valence-corrected chi connectivity index (χ4v) is 3.92. The minimum atomic E-state index is -1.04. The van der Waals surface area contributed by atoms with Crippen LogP contribution in [0.5, 0.6) is 0 Å². The molecule has 2 atom stereocenters. The number of β-lactam (4-membered cyclic amide) rings is 1. The summed E-state index contributed by atoms with van der Waals surface area (Å²) < 4.78 is 0. The largest absolute Gasteiger partial charge is 0.328 e. The third-order valence-electron chi connectivity index (χ3n) is 2.77. The molecule has 0 bridgehead atoms. The van der Waals surface area contributed by atoms with Gasteiger partial charge in [-0.25, -0.2) is 0 Å². The lowest BCUT2D eigenvalue weighted by atomic mass is 9.93. The van der Waals surface area contributed by atoms with E-state index in [-0.39, 0.29) is 23.0 Å².